The number of rotatable bonds is 9. The van der Waals surface area contributed by atoms with E-state index in [4.69, 9.17) is 18.6 Å². The first-order valence-corrected chi connectivity index (χ1v) is 10.2. The molecule has 166 valence electrons. The number of carbonyl (C=O) groups is 1. The first-order valence-electron chi connectivity index (χ1n) is 10.2. The number of hydrogen-bond donors (Lipinski definition) is 1. The van der Waals surface area contributed by atoms with Crippen LogP contribution in [-0.4, -0.2) is 50.2 Å². The second-order valence-electron chi connectivity index (χ2n) is 7.14. The van der Waals surface area contributed by atoms with Crippen LogP contribution in [0.1, 0.15) is 41.1 Å². The SMILES string of the molecule is CCN(CC)Cc1c(O)ccc2oc(C)c(C(=O)c3ccc(OC)c(OC)c3OC)c12. The number of phenols is 1. The quantitative estimate of drug-likeness (QED) is 0.502. The van der Waals surface area contributed by atoms with Crippen molar-refractivity contribution in [2.24, 2.45) is 0 Å². The molecule has 2 aromatic carbocycles. The lowest BCUT2D eigenvalue weighted by Crippen LogP contribution is -2.22. The molecule has 0 bridgehead atoms. The van der Waals surface area contributed by atoms with Gasteiger partial charge >= 0.3 is 0 Å². The molecule has 31 heavy (non-hydrogen) atoms. The van der Waals surface area contributed by atoms with E-state index in [0.717, 1.165) is 13.1 Å². The minimum Gasteiger partial charge on any atom is -0.508 e. The van der Waals surface area contributed by atoms with Crippen molar-refractivity contribution in [3.8, 4) is 23.0 Å². The zero-order chi connectivity index (χ0) is 22.7. The van der Waals surface area contributed by atoms with E-state index < -0.39 is 0 Å². The van der Waals surface area contributed by atoms with Gasteiger partial charge in [0.05, 0.1) is 32.5 Å². The van der Waals surface area contributed by atoms with Gasteiger partial charge in [-0.3, -0.25) is 9.69 Å². The summed E-state index contributed by atoms with van der Waals surface area (Å²) in [6.45, 7) is 7.99. The van der Waals surface area contributed by atoms with Gasteiger partial charge in [0.25, 0.3) is 0 Å². The average molecular weight is 427 g/mol. The second kappa shape index (κ2) is 9.31. The largest absolute Gasteiger partial charge is 0.508 e. The van der Waals surface area contributed by atoms with E-state index in [9.17, 15) is 9.90 Å². The normalized spacial score (nSPS) is 11.2. The number of aryl methyl sites for hydroxylation is 1. The summed E-state index contributed by atoms with van der Waals surface area (Å²) in [4.78, 5) is 15.9. The predicted molar refractivity (Wildman–Crippen MR) is 119 cm³/mol. The molecule has 3 rings (SSSR count). The molecule has 0 aliphatic heterocycles. The highest BCUT2D eigenvalue weighted by Crippen LogP contribution is 2.42. The number of carbonyl (C=O) groups excluding carboxylic acids is 1. The highest BCUT2D eigenvalue weighted by Gasteiger charge is 2.28. The van der Waals surface area contributed by atoms with E-state index in [2.05, 4.69) is 18.7 Å². The average Bonchev–Trinajstić information content (AvgIpc) is 3.12. The standard InChI is InChI=1S/C24H29NO6/c1-7-25(8-2)13-16-17(26)10-12-18-21(16)20(14(3)31-18)22(27)15-9-11-19(28-4)24(30-6)23(15)29-5/h9-12,26H,7-8,13H2,1-6H3. The third kappa shape index (κ3) is 3.93. The van der Waals surface area contributed by atoms with Crippen molar-refractivity contribution in [1.29, 1.82) is 0 Å². The van der Waals surface area contributed by atoms with Gasteiger partial charge in [-0.15, -0.1) is 0 Å². The summed E-state index contributed by atoms with van der Waals surface area (Å²) < 4.78 is 22.2. The van der Waals surface area contributed by atoms with Crippen molar-refractivity contribution >= 4 is 16.8 Å². The molecule has 0 amide bonds. The van der Waals surface area contributed by atoms with E-state index in [1.165, 1.54) is 21.3 Å². The minimum atomic E-state index is -0.277. The maximum atomic E-state index is 13.7. The van der Waals surface area contributed by atoms with Crippen molar-refractivity contribution in [3.63, 3.8) is 0 Å². The van der Waals surface area contributed by atoms with Crippen LogP contribution in [0.15, 0.2) is 28.7 Å². The van der Waals surface area contributed by atoms with Crippen molar-refractivity contribution in [3.05, 3.63) is 46.7 Å². The summed E-state index contributed by atoms with van der Waals surface area (Å²) in [5.41, 5.74) is 1.95. The molecule has 7 heteroatoms. The van der Waals surface area contributed by atoms with Gasteiger partial charge in [-0.05, 0) is 44.3 Å². The van der Waals surface area contributed by atoms with Gasteiger partial charge in [-0.25, -0.2) is 0 Å². The smallest absolute Gasteiger partial charge is 0.204 e. The predicted octanol–water partition coefficient (Wildman–Crippen LogP) is 4.55. The Morgan fingerprint density at radius 2 is 1.68 bits per heavy atom. The Bertz CT molecular complexity index is 1100. The Morgan fingerprint density at radius 3 is 2.26 bits per heavy atom. The summed E-state index contributed by atoms with van der Waals surface area (Å²) in [7, 11) is 4.49. The van der Waals surface area contributed by atoms with E-state index in [0.29, 0.717) is 51.5 Å². The van der Waals surface area contributed by atoms with Gasteiger partial charge in [0.15, 0.2) is 11.5 Å². The Balaban J connectivity index is 2.25. The molecular formula is C24H29NO6. The van der Waals surface area contributed by atoms with Crippen molar-refractivity contribution in [2.75, 3.05) is 34.4 Å². The maximum absolute atomic E-state index is 13.7. The number of benzene rings is 2. The molecule has 3 aromatic rings. The maximum Gasteiger partial charge on any atom is 0.204 e. The van der Waals surface area contributed by atoms with E-state index in [1.807, 2.05) is 0 Å². The molecule has 0 atom stereocenters. The summed E-state index contributed by atoms with van der Waals surface area (Å²) in [5, 5.41) is 11.3. The number of nitrogens with zero attached hydrogens (tertiary/aromatic N) is 1. The van der Waals surface area contributed by atoms with Crippen LogP contribution in [0.4, 0.5) is 0 Å². The van der Waals surface area contributed by atoms with Gasteiger partial charge in [0.2, 0.25) is 11.5 Å². The number of ether oxygens (including phenoxy) is 3. The molecule has 0 saturated heterocycles. The van der Waals surface area contributed by atoms with Crippen molar-refractivity contribution < 1.29 is 28.5 Å². The second-order valence-corrected chi connectivity index (χ2v) is 7.14. The lowest BCUT2D eigenvalue weighted by Gasteiger charge is -2.19. The van der Waals surface area contributed by atoms with Gasteiger partial charge in [0, 0.05) is 17.5 Å². The molecule has 0 aliphatic rings. The van der Waals surface area contributed by atoms with Crippen molar-refractivity contribution in [1.82, 2.24) is 4.90 Å². The summed E-state index contributed by atoms with van der Waals surface area (Å²) in [6, 6.07) is 6.61. The molecule has 1 aromatic heterocycles. The monoisotopic (exact) mass is 427 g/mol. The van der Waals surface area contributed by atoms with Gasteiger partial charge in [0.1, 0.15) is 17.1 Å². The lowest BCUT2D eigenvalue weighted by atomic mass is 9.95. The first kappa shape index (κ1) is 22.5. The number of methoxy groups -OCH3 is 3. The van der Waals surface area contributed by atoms with Gasteiger partial charge < -0.3 is 23.7 Å². The molecule has 1 N–H and O–H groups in total. The number of hydrogen-bond acceptors (Lipinski definition) is 7. The molecule has 0 spiro atoms. The summed E-state index contributed by atoms with van der Waals surface area (Å²) in [5.74, 6) is 1.42. The Kier molecular flexibility index (Phi) is 6.75. The summed E-state index contributed by atoms with van der Waals surface area (Å²) in [6.07, 6.45) is 0. The highest BCUT2D eigenvalue weighted by molar-refractivity contribution is 6.19. The zero-order valence-corrected chi connectivity index (χ0v) is 18.9. The highest BCUT2D eigenvalue weighted by atomic mass is 16.5. The van der Waals surface area contributed by atoms with Crippen LogP contribution in [0.2, 0.25) is 0 Å². The fourth-order valence-electron chi connectivity index (χ4n) is 3.89. The Labute approximate surface area is 182 Å². The molecule has 0 unspecified atom stereocenters. The number of ketones is 1. The van der Waals surface area contributed by atoms with Gasteiger partial charge in [-0.1, -0.05) is 13.8 Å². The Morgan fingerprint density at radius 1 is 1.00 bits per heavy atom. The van der Waals surface area contributed by atoms with Crippen LogP contribution in [0.3, 0.4) is 0 Å². The molecule has 0 aliphatic carbocycles. The fourth-order valence-corrected chi connectivity index (χ4v) is 3.89. The van der Waals surface area contributed by atoms with Crippen LogP contribution >= 0.6 is 0 Å². The van der Waals surface area contributed by atoms with Crippen molar-refractivity contribution in [2.45, 2.75) is 27.3 Å². The zero-order valence-electron chi connectivity index (χ0n) is 18.9. The number of furan rings is 1. The topological polar surface area (TPSA) is 81.4 Å². The molecule has 0 saturated carbocycles. The minimum absolute atomic E-state index is 0.133. The molecule has 7 nitrogen and oxygen atoms in total. The number of phenolic OH excluding ortho intramolecular Hbond substituents is 1. The third-order valence-electron chi connectivity index (χ3n) is 5.57. The molecule has 1 heterocycles. The van der Waals surface area contributed by atoms with Crippen LogP contribution in [0.25, 0.3) is 11.0 Å². The van der Waals surface area contributed by atoms with E-state index in [-0.39, 0.29) is 17.3 Å². The molecule has 0 radical (unpaired) electrons. The molecular weight excluding hydrogens is 398 g/mol. The first-order chi connectivity index (χ1) is 14.9. The molecule has 0 fully saturated rings. The van der Waals surface area contributed by atoms with E-state index >= 15 is 0 Å². The number of fused-ring (bicyclic) bond motifs is 1. The van der Waals surface area contributed by atoms with Crippen LogP contribution in [0, 0.1) is 6.92 Å². The van der Waals surface area contributed by atoms with E-state index in [1.54, 1.807) is 31.2 Å². The fraction of sp³-hybridized carbons (Fsp3) is 0.375. The van der Waals surface area contributed by atoms with Crippen LogP contribution in [-0.2, 0) is 6.54 Å². The third-order valence-corrected chi connectivity index (χ3v) is 5.57. The lowest BCUT2D eigenvalue weighted by molar-refractivity contribution is 0.103. The number of aromatic hydroxyl groups is 1. The Hall–Kier alpha value is -3.19. The van der Waals surface area contributed by atoms with Crippen LogP contribution in [0.5, 0.6) is 23.0 Å². The van der Waals surface area contributed by atoms with Gasteiger partial charge in [-0.2, -0.15) is 0 Å². The van der Waals surface area contributed by atoms with Crippen LogP contribution < -0.4 is 14.2 Å². The summed E-state index contributed by atoms with van der Waals surface area (Å²) >= 11 is 0.